The second-order valence-corrected chi connectivity index (χ2v) is 10.1. The molecule has 1 aliphatic heterocycles. The molecule has 3 heterocycles. The Kier molecular flexibility index (Phi) is 6.37. The van der Waals surface area contributed by atoms with Crippen LogP contribution in [0.4, 0.5) is 10.5 Å². The maximum absolute atomic E-state index is 14.2. The van der Waals surface area contributed by atoms with Gasteiger partial charge in [0, 0.05) is 22.5 Å². The third kappa shape index (κ3) is 4.45. The molecule has 39 heavy (non-hydrogen) atoms. The van der Waals surface area contributed by atoms with Crippen LogP contribution in [0.1, 0.15) is 34.1 Å². The van der Waals surface area contributed by atoms with E-state index >= 15 is 0 Å². The summed E-state index contributed by atoms with van der Waals surface area (Å²) in [6, 6.07) is 26.9. The molecular weight excluding hydrogens is 510 g/mol. The number of nitrogens with zero attached hydrogens (tertiary/aromatic N) is 4. The van der Waals surface area contributed by atoms with Crippen LogP contribution in [0.2, 0.25) is 5.02 Å². The van der Waals surface area contributed by atoms with Gasteiger partial charge in [-0.3, -0.25) is 0 Å². The van der Waals surface area contributed by atoms with Gasteiger partial charge in [-0.05, 0) is 73.5 Å². The van der Waals surface area contributed by atoms with Gasteiger partial charge >= 0.3 is 6.03 Å². The fourth-order valence-electron chi connectivity index (χ4n) is 5.23. The lowest BCUT2D eigenvalue weighted by molar-refractivity contribution is 0.194. The molecule has 7 nitrogen and oxygen atoms in total. The predicted octanol–water partition coefficient (Wildman–Crippen LogP) is 7.08. The largest absolute Gasteiger partial charge is 0.497 e. The number of aromatic nitrogens is 3. The van der Waals surface area contributed by atoms with Crippen molar-refractivity contribution in [2.45, 2.75) is 26.4 Å². The molecule has 0 bridgehead atoms. The molecule has 6 rings (SSSR count). The van der Waals surface area contributed by atoms with E-state index in [0.717, 1.165) is 45.3 Å². The number of ether oxygens (including phenoxy) is 1. The minimum Gasteiger partial charge on any atom is -0.497 e. The standard InChI is InChI=1S/C31H28ClN5O2/c1-20-14-15-23(32)18-27(20)33-31(38)36-19-26-21(2)34-37(24-10-5-4-6-11-24)30(26)35-16-8-13-28(35)29(36)22-9-7-12-25(17-22)39-3/h4-18,29H,19H2,1-3H3,(H,33,38)/t29-/m1/s1. The number of carbonyl (C=O) groups excluding carboxylic acids is 1. The van der Waals surface area contributed by atoms with E-state index in [-0.39, 0.29) is 6.03 Å². The maximum atomic E-state index is 14.2. The number of fused-ring (bicyclic) bond motifs is 3. The topological polar surface area (TPSA) is 64.3 Å². The highest BCUT2D eigenvalue weighted by Crippen LogP contribution is 2.39. The fraction of sp³-hybridized carbons (Fsp3) is 0.161. The Morgan fingerprint density at radius 3 is 2.62 bits per heavy atom. The average molecular weight is 538 g/mol. The molecule has 5 aromatic rings. The van der Waals surface area contributed by atoms with E-state index in [4.69, 9.17) is 21.4 Å². The van der Waals surface area contributed by atoms with E-state index in [2.05, 4.69) is 16.0 Å². The summed E-state index contributed by atoms with van der Waals surface area (Å²) in [4.78, 5) is 16.0. The summed E-state index contributed by atoms with van der Waals surface area (Å²) < 4.78 is 9.66. The lowest BCUT2D eigenvalue weighted by Crippen LogP contribution is -2.38. The summed E-state index contributed by atoms with van der Waals surface area (Å²) in [5.41, 5.74) is 6.26. The summed E-state index contributed by atoms with van der Waals surface area (Å²) in [6.07, 6.45) is 2.03. The predicted molar refractivity (Wildman–Crippen MR) is 153 cm³/mol. The van der Waals surface area contributed by atoms with E-state index in [1.165, 1.54) is 0 Å². The highest BCUT2D eigenvalue weighted by molar-refractivity contribution is 6.31. The van der Waals surface area contributed by atoms with E-state index in [1.54, 1.807) is 13.2 Å². The molecule has 1 atom stereocenters. The van der Waals surface area contributed by atoms with Gasteiger partial charge in [0.2, 0.25) is 0 Å². The highest BCUT2D eigenvalue weighted by Gasteiger charge is 2.36. The number of hydrogen-bond donors (Lipinski definition) is 1. The number of nitrogens with one attached hydrogen (secondary N) is 1. The molecule has 2 aromatic heterocycles. The summed E-state index contributed by atoms with van der Waals surface area (Å²) in [5, 5.41) is 8.60. The number of aryl methyl sites for hydroxylation is 2. The number of amides is 2. The molecule has 8 heteroatoms. The first-order chi connectivity index (χ1) is 18.9. The Balaban J connectivity index is 1.55. The van der Waals surface area contributed by atoms with E-state index in [1.807, 2.05) is 102 Å². The van der Waals surface area contributed by atoms with Gasteiger partial charge in [0.25, 0.3) is 0 Å². The Labute approximate surface area is 232 Å². The Bertz CT molecular complexity index is 1670. The lowest BCUT2D eigenvalue weighted by atomic mass is 10.0. The number of benzene rings is 3. The molecule has 0 spiro atoms. The molecule has 0 saturated carbocycles. The van der Waals surface area contributed by atoms with E-state index in [9.17, 15) is 4.79 Å². The van der Waals surface area contributed by atoms with Crippen molar-refractivity contribution in [1.82, 2.24) is 19.2 Å². The molecule has 0 fully saturated rings. The second kappa shape index (κ2) is 10.0. The number of hydrogen-bond acceptors (Lipinski definition) is 3. The van der Waals surface area contributed by atoms with Crippen molar-refractivity contribution >= 4 is 23.3 Å². The Morgan fingerprint density at radius 1 is 1.00 bits per heavy atom. The van der Waals surface area contributed by atoms with Crippen molar-refractivity contribution < 1.29 is 9.53 Å². The van der Waals surface area contributed by atoms with E-state index < -0.39 is 6.04 Å². The van der Waals surface area contributed by atoms with Gasteiger partial charge in [-0.1, -0.05) is 48.0 Å². The summed E-state index contributed by atoms with van der Waals surface area (Å²) in [6.45, 7) is 4.29. The van der Waals surface area contributed by atoms with Crippen LogP contribution in [0.5, 0.6) is 5.75 Å². The van der Waals surface area contributed by atoms with Crippen LogP contribution >= 0.6 is 11.6 Å². The van der Waals surface area contributed by atoms with Crippen molar-refractivity contribution in [3.05, 3.63) is 124 Å². The van der Waals surface area contributed by atoms with Crippen LogP contribution in [0.3, 0.4) is 0 Å². The summed E-state index contributed by atoms with van der Waals surface area (Å²) in [7, 11) is 1.65. The lowest BCUT2D eigenvalue weighted by Gasteiger charge is -2.31. The first-order valence-electron chi connectivity index (χ1n) is 12.7. The minimum absolute atomic E-state index is 0.236. The average Bonchev–Trinajstić information content (AvgIpc) is 3.51. The molecular formula is C31H28ClN5O2. The molecule has 0 unspecified atom stereocenters. The van der Waals surface area contributed by atoms with Gasteiger partial charge in [-0.15, -0.1) is 0 Å². The molecule has 2 amide bonds. The van der Waals surface area contributed by atoms with Gasteiger partial charge in [-0.25, -0.2) is 9.48 Å². The first-order valence-corrected chi connectivity index (χ1v) is 13.1. The highest BCUT2D eigenvalue weighted by atomic mass is 35.5. The van der Waals surface area contributed by atoms with Gasteiger partial charge in [-0.2, -0.15) is 5.10 Å². The maximum Gasteiger partial charge on any atom is 0.322 e. The molecule has 1 aliphatic rings. The number of halogens is 1. The van der Waals surface area contributed by atoms with Crippen LogP contribution in [-0.2, 0) is 6.54 Å². The zero-order valence-corrected chi connectivity index (χ0v) is 22.7. The van der Waals surface area contributed by atoms with Crippen molar-refractivity contribution in [2.75, 3.05) is 12.4 Å². The van der Waals surface area contributed by atoms with Crippen LogP contribution in [-0.4, -0.2) is 32.4 Å². The number of methoxy groups -OCH3 is 1. The third-order valence-corrected chi connectivity index (χ3v) is 7.43. The second-order valence-electron chi connectivity index (χ2n) is 9.63. The number of para-hydroxylation sites is 1. The SMILES string of the molecule is COc1cccc([C@@H]2c3cccn3-c3c(c(C)nn3-c3ccccc3)CN2C(=O)Nc2cc(Cl)ccc2C)c1. The number of rotatable bonds is 4. The molecule has 3 aromatic carbocycles. The van der Waals surface area contributed by atoms with E-state index in [0.29, 0.717) is 17.3 Å². The molecule has 1 N–H and O–H groups in total. The summed E-state index contributed by atoms with van der Waals surface area (Å²) >= 11 is 6.28. The van der Waals surface area contributed by atoms with Crippen LogP contribution in [0.25, 0.3) is 11.5 Å². The number of urea groups is 1. The van der Waals surface area contributed by atoms with Gasteiger partial charge in [0.05, 0.1) is 36.8 Å². The van der Waals surface area contributed by atoms with Gasteiger partial charge in [0.15, 0.2) is 0 Å². The monoisotopic (exact) mass is 537 g/mol. The quantitative estimate of drug-likeness (QED) is 0.266. The zero-order valence-electron chi connectivity index (χ0n) is 21.9. The molecule has 0 radical (unpaired) electrons. The van der Waals surface area contributed by atoms with Crippen molar-refractivity contribution in [3.8, 4) is 17.3 Å². The van der Waals surface area contributed by atoms with Crippen molar-refractivity contribution in [1.29, 1.82) is 0 Å². The zero-order chi connectivity index (χ0) is 27.1. The number of anilines is 1. The molecule has 196 valence electrons. The Morgan fingerprint density at radius 2 is 1.82 bits per heavy atom. The fourth-order valence-corrected chi connectivity index (χ4v) is 5.40. The van der Waals surface area contributed by atoms with Gasteiger partial charge < -0.3 is 19.5 Å². The van der Waals surface area contributed by atoms with Gasteiger partial charge in [0.1, 0.15) is 11.6 Å². The Hall–Kier alpha value is -4.49. The summed E-state index contributed by atoms with van der Waals surface area (Å²) in [5.74, 6) is 1.64. The normalized spacial score (nSPS) is 14.4. The molecule has 0 aliphatic carbocycles. The van der Waals surface area contributed by atoms with Crippen molar-refractivity contribution in [3.63, 3.8) is 0 Å². The van der Waals surface area contributed by atoms with Crippen molar-refractivity contribution in [2.24, 2.45) is 0 Å². The van der Waals surface area contributed by atoms with Crippen LogP contribution in [0, 0.1) is 13.8 Å². The third-order valence-electron chi connectivity index (χ3n) is 7.20. The molecule has 0 saturated heterocycles. The number of carbonyl (C=O) groups is 1. The first kappa shape index (κ1) is 24.8. The smallest absolute Gasteiger partial charge is 0.322 e. The van der Waals surface area contributed by atoms with Crippen LogP contribution in [0.15, 0.2) is 91.1 Å². The minimum atomic E-state index is -0.398. The van der Waals surface area contributed by atoms with Crippen LogP contribution < -0.4 is 10.1 Å².